The lowest BCUT2D eigenvalue weighted by atomic mass is 10.1. The SMILES string of the molecule is CCOc1cc(O[Si](C(C)C)(C(C)C)C(C)C)c(F)c(C(=Nc2ccc(-c3noc(C)n3)cc2)C(=NC(=O)OC)SC)c1. The molecule has 1 amide bonds. The highest BCUT2D eigenvalue weighted by molar-refractivity contribution is 8.15. The molecule has 0 spiro atoms. The zero-order valence-corrected chi connectivity index (χ0v) is 28.3. The number of carbonyl (C=O) groups excluding carboxylic acids is 1. The summed E-state index contributed by atoms with van der Waals surface area (Å²) in [7, 11) is -1.32. The van der Waals surface area contributed by atoms with Crippen molar-refractivity contribution < 1.29 is 27.6 Å². The van der Waals surface area contributed by atoms with Gasteiger partial charge in [-0.05, 0) is 60.1 Å². The molecule has 2 aromatic carbocycles. The number of hydrogen-bond donors (Lipinski definition) is 0. The molecule has 0 saturated heterocycles. The van der Waals surface area contributed by atoms with Gasteiger partial charge in [0.25, 0.3) is 8.32 Å². The molecule has 1 aromatic heterocycles. The third-order valence-electron chi connectivity index (χ3n) is 7.23. The van der Waals surface area contributed by atoms with Gasteiger partial charge in [0.05, 0.1) is 19.4 Å². The molecule has 0 aliphatic rings. The molecule has 232 valence electrons. The summed E-state index contributed by atoms with van der Waals surface area (Å²) in [4.78, 5) is 25.4. The second-order valence-electron chi connectivity index (χ2n) is 10.9. The zero-order chi connectivity index (χ0) is 31.9. The van der Waals surface area contributed by atoms with Crippen molar-refractivity contribution in [3.05, 3.63) is 53.7 Å². The maximum absolute atomic E-state index is 16.7. The van der Waals surface area contributed by atoms with Crippen LogP contribution in [0.4, 0.5) is 14.9 Å². The molecule has 1 heterocycles. The van der Waals surface area contributed by atoms with E-state index in [1.807, 2.05) is 6.92 Å². The van der Waals surface area contributed by atoms with Crippen LogP contribution in [-0.4, -0.2) is 55.3 Å². The van der Waals surface area contributed by atoms with Gasteiger partial charge in [-0.3, -0.25) is 0 Å². The van der Waals surface area contributed by atoms with Crippen LogP contribution in [0.5, 0.6) is 11.5 Å². The van der Waals surface area contributed by atoms with Crippen LogP contribution < -0.4 is 9.16 Å². The minimum Gasteiger partial charge on any atom is -0.541 e. The minimum atomic E-state index is -2.55. The van der Waals surface area contributed by atoms with E-state index < -0.39 is 20.2 Å². The lowest BCUT2D eigenvalue weighted by Crippen LogP contribution is -2.51. The Kier molecular flexibility index (Phi) is 11.7. The van der Waals surface area contributed by atoms with Crippen molar-refractivity contribution in [3.8, 4) is 22.9 Å². The maximum atomic E-state index is 16.7. The van der Waals surface area contributed by atoms with Gasteiger partial charge in [-0.2, -0.15) is 9.98 Å². The summed E-state index contributed by atoms with van der Waals surface area (Å²) in [5, 5.41) is 4.12. The molecular formula is C31H41FN4O5SSi. The van der Waals surface area contributed by atoms with Crippen LogP contribution in [0.15, 0.2) is 50.9 Å². The van der Waals surface area contributed by atoms with Crippen LogP contribution in [-0.2, 0) is 4.74 Å². The number of aryl methyl sites for hydroxylation is 1. The Morgan fingerprint density at radius 2 is 1.70 bits per heavy atom. The smallest absolute Gasteiger partial charge is 0.434 e. The highest BCUT2D eigenvalue weighted by Crippen LogP contribution is 2.44. The number of amides is 1. The van der Waals surface area contributed by atoms with Crippen molar-refractivity contribution in [2.24, 2.45) is 9.98 Å². The van der Waals surface area contributed by atoms with Crippen LogP contribution in [0.25, 0.3) is 11.4 Å². The largest absolute Gasteiger partial charge is 0.541 e. The molecule has 0 unspecified atom stereocenters. The van der Waals surface area contributed by atoms with E-state index in [0.717, 1.165) is 17.3 Å². The second-order valence-corrected chi connectivity index (χ2v) is 17.0. The van der Waals surface area contributed by atoms with Crippen LogP contribution in [0, 0.1) is 12.7 Å². The van der Waals surface area contributed by atoms with Gasteiger partial charge in [0.2, 0.25) is 11.7 Å². The lowest BCUT2D eigenvalue weighted by molar-refractivity contribution is 0.183. The molecule has 0 N–H and O–H groups in total. The summed E-state index contributed by atoms with van der Waals surface area (Å²) >= 11 is 1.15. The number of nitrogens with zero attached hydrogens (tertiary/aromatic N) is 4. The Labute approximate surface area is 258 Å². The van der Waals surface area contributed by atoms with E-state index in [4.69, 9.17) is 23.4 Å². The topological polar surface area (TPSA) is 108 Å². The highest BCUT2D eigenvalue weighted by atomic mass is 32.2. The molecular weight excluding hydrogens is 588 g/mol. The normalized spacial score (nSPS) is 12.8. The standard InChI is InChI=1S/C31H41FN4O5SSi/c1-11-39-24-16-25(27(32)26(17-24)41-43(18(2)3,19(4)5)20(6)7)28(30(42-10)35-31(37)38-9)34-23-14-12-22(13-15-23)29-33-21(8)40-36-29/h12-20H,11H2,1-10H3. The fourth-order valence-electron chi connectivity index (χ4n) is 5.39. The van der Waals surface area contributed by atoms with Gasteiger partial charge in [-0.25, -0.2) is 14.2 Å². The zero-order valence-electron chi connectivity index (χ0n) is 26.5. The predicted molar refractivity (Wildman–Crippen MR) is 173 cm³/mol. The Hall–Kier alpha value is -3.51. The molecule has 3 rings (SSSR count). The molecule has 0 bridgehead atoms. The minimum absolute atomic E-state index is 0.0926. The van der Waals surface area contributed by atoms with Crippen LogP contribution >= 0.6 is 11.8 Å². The quantitative estimate of drug-likeness (QED) is 0.118. The molecule has 43 heavy (non-hydrogen) atoms. The predicted octanol–water partition coefficient (Wildman–Crippen LogP) is 8.79. The van der Waals surface area contributed by atoms with E-state index >= 15 is 4.39 Å². The maximum Gasteiger partial charge on any atom is 0.434 e. The number of thioether (sulfide) groups is 1. The van der Waals surface area contributed by atoms with Gasteiger partial charge in [0.1, 0.15) is 22.3 Å². The first-order chi connectivity index (χ1) is 20.4. The summed E-state index contributed by atoms with van der Waals surface area (Å²) in [6.45, 7) is 16.8. The third-order valence-corrected chi connectivity index (χ3v) is 13.9. The summed E-state index contributed by atoms with van der Waals surface area (Å²) in [6, 6.07) is 10.2. The van der Waals surface area contributed by atoms with Crippen molar-refractivity contribution in [1.82, 2.24) is 10.1 Å². The molecule has 0 radical (unpaired) electrons. The van der Waals surface area contributed by atoms with E-state index in [1.165, 1.54) is 7.11 Å². The lowest BCUT2D eigenvalue weighted by Gasteiger charge is -2.42. The van der Waals surface area contributed by atoms with Gasteiger partial charge >= 0.3 is 6.09 Å². The van der Waals surface area contributed by atoms with E-state index in [9.17, 15) is 4.79 Å². The Morgan fingerprint density at radius 3 is 2.19 bits per heavy atom. The van der Waals surface area contributed by atoms with Crippen molar-refractivity contribution in [3.63, 3.8) is 0 Å². The average molecular weight is 629 g/mol. The van der Waals surface area contributed by atoms with E-state index in [-0.39, 0.29) is 38.7 Å². The molecule has 3 aromatic rings. The number of hydrogen-bond acceptors (Lipinski definition) is 9. The fraction of sp³-hybridized carbons (Fsp3) is 0.452. The van der Waals surface area contributed by atoms with Crippen molar-refractivity contribution in [1.29, 1.82) is 0 Å². The Balaban J connectivity index is 2.28. The Bertz CT molecular complexity index is 1450. The summed E-state index contributed by atoms with van der Waals surface area (Å²) in [5.41, 5.74) is 2.08. The van der Waals surface area contributed by atoms with Gasteiger partial charge in [0, 0.05) is 24.1 Å². The summed E-state index contributed by atoms with van der Waals surface area (Å²) < 4.78 is 39.3. The molecule has 0 atom stereocenters. The van der Waals surface area contributed by atoms with E-state index in [0.29, 0.717) is 29.8 Å². The van der Waals surface area contributed by atoms with E-state index in [2.05, 4.69) is 56.7 Å². The molecule has 12 heteroatoms. The number of carbonyl (C=O) groups is 1. The van der Waals surface area contributed by atoms with Gasteiger partial charge in [-0.15, -0.1) is 11.8 Å². The molecule has 9 nitrogen and oxygen atoms in total. The number of ether oxygens (including phenoxy) is 2. The van der Waals surface area contributed by atoms with Gasteiger partial charge in [-0.1, -0.05) is 46.7 Å². The van der Waals surface area contributed by atoms with Crippen LogP contribution in [0.2, 0.25) is 16.6 Å². The monoisotopic (exact) mass is 628 g/mol. The van der Waals surface area contributed by atoms with Crippen LogP contribution in [0.3, 0.4) is 0 Å². The summed E-state index contributed by atoms with van der Waals surface area (Å²) in [5.74, 6) is 0.798. The molecule has 0 saturated carbocycles. The molecule has 0 fully saturated rings. The van der Waals surface area contributed by atoms with Gasteiger partial charge < -0.3 is 18.4 Å². The fourth-order valence-corrected chi connectivity index (χ4v) is 11.1. The van der Waals surface area contributed by atoms with Gasteiger partial charge in [0.15, 0.2) is 5.82 Å². The number of halogens is 1. The first kappa shape index (κ1) is 34.0. The molecule has 0 aliphatic heterocycles. The van der Waals surface area contributed by atoms with Crippen molar-refractivity contribution in [2.75, 3.05) is 20.0 Å². The second kappa shape index (κ2) is 14.8. The number of aromatic nitrogens is 2. The number of methoxy groups -OCH3 is 1. The van der Waals surface area contributed by atoms with Crippen molar-refractivity contribution in [2.45, 2.75) is 72.0 Å². The summed E-state index contributed by atoms with van der Waals surface area (Å²) in [6.07, 6.45) is 0.901. The molecule has 0 aliphatic carbocycles. The number of aliphatic imine (C=N–C) groups is 2. The first-order valence-corrected chi connectivity index (χ1v) is 17.6. The first-order valence-electron chi connectivity index (χ1n) is 14.2. The van der Waals surface area contributed by atoms with E-state index in [1.54, 1.807) is 49.6 Å². The average Bonchev–Trinajstić information content (AvgIpc) is 3.40. The number of rotatable bonds is 11. The Morgan fingerprint density at radius 1 is 1.07 bits per heavy atom. The van der Waals surface area contributed by atoms with Crippen molar-refractivity contribution >= 4 is 42.6 Å². The highest BCUT2D eigenvalue weighted by Gasteiger charge is 2.47. The third kappa shape index (κ3) is 7.72. The van der Waals surface area contributed by atoms with Crippen LogP contribution in [0.1, 0.15) is 59.9 Å². The number of benzene rings is 2.